The normalized spacial score (nSPS) is 21.0. The number of piperidine rings is 1. The van der Waals surface area contributed by atoms with Crippen molar-refractivity contribution < 1.29 is 8.42 Å². The number of nitrogens with zero attached hydrogens (tertiary/aromatic N) is 1. The molecule has 4 nitrogen and oxygen atoms in total. The molecule has 28 heavy (non-hydrogen) atoms. The molecular weight excluding hydrogens is 392 g/mol. The van der Waals surface area contributed by atoms with Gasteiger partial charge in [0.05, 0.1) is 5.75 Å². The molecule has 2 atom stereocenters. The zero-order valence-corrected chi connectivity index (χ0v) is 18.1. The minimum absolute atomic E-state index is 0.233. The molecule has 1 aliphatic heterocycles. The van der Waals surface area contributed by atoms with Crippen LogP contribution >= 0.6 is 11.6 Å². The maximum absolute atomic E-state index is 11.3. The number of rotatable bonds is 6. The maximum atomic E-state index is 11.3. The van der Waals surface area contributed by atoms with Gasteiger partial charge in [-0.2, -0.15) is 0 Å². The maximum Gasteiger partial charge on any atom is 0.213 e. The third-order valence-electron chi connectivity index (χ3n) is 5.63. The number of hydrogen-bond donors (Lipinski definition) is 1. The molecule has 1 heterocycles. The number of benzene rings is 2. The first-order valence-electron chi connectivity index (χ1n) is 9.77. The molecule has 1 saturated heterocycles. The Balaban J connectivity index is 1.76. The molecule has 0 amide bonds. The highest BCUT2D eigenvalue weighted by atomic mass is 35.5. The molecule has 0 aliphatic carbocycles. The SMILES string of the molecule is Cc1ccccc1CC1CCC(C)CN1Cc1ccc(CS(N)(=O)=O)c(Cl)c1. The Bertz CT molecular complexity index is 930. The molecule has 2 aromatic rings. The topological polar surface area (TPSA) is 63.4 Å². The predicted octanol–water partition coefficient (Wildman–Crippen LogP) is 4.28. The van der Waals surface area contributed by atoms with Crippen LogP contribution in [0.2, 0.25) is 5.02 Å². The lowest BCUT2D eigenvalue weighted by Crippen LogP contribution is -2.43. The number of halogens is 1. The van der Waals surface area contributed by atoms with Crippen molar-refractivity contribution in [2.45, 2.75) is 51.4 Å². The summed E-state index contributed by atoms with van der Waals surface area (Å²) in [4.78, 5) is 2.55. The summed E-state index contributed by atoms with van der Waals surface area (Å²) in [5.74, 6) is 0.438. The quantitative estimate of drug-likeness (QED) is 0.758. The Morgan fingerprint density at radius 3 is 2.57 bits per heavy atom. The van der Waals surface area contributed by atoms with Crippen molar-refractivity contribution in [1.29, 1.82) is 0 Å². The number of aryl methyl sites for hydroxylation is 1. The highest BCUT2D eigenvalue weighted by Crippen LogP contribution is 2.28. The van der Waals surface area contributed by atoms with Crippen LogP contribution in [0.4, 0.5) is 0 Å². The Hall–Kier alpha value is -1.40. The second kappa shape index (κ2) is 8.95. The lowest BCUT2D eigenvalue weighted by Gasteiger charge is -2.39. The summed E-state index contributed by atoms with van der Waals surface area (Å²) < 4.78 is 22.7. The summed E-state index contributed by atoms with van der Waals surface area (Å²) >= 11 is 6.33. The molecule has 152 valence electrons. The zero-order valence-electron chi connectivity index (χ0n) is 16.6. The minimum Gasteiger partial charge on any atom is -0.296 e. The largest absolute Gasteiger partial charge is 0.296 e. The van der Waals surface area contributed by atoms with Gasteiger partial charge in [0.1, 0.15) is 0 Å². The molecule has 6 heteroatoms. The van der Waals surface area contributed by atoms with E-state index in [0.717, 1.165) is 25.1 Å². The van der Waals surface area contributed by atoms with E-state index in [1.807, 2.05) is 12.1 Å². The smallest absolute Gasteiger partial charge is 0.213 e. The van der Waals surface area contributed by atoms with Crippen LogP contribution in [-0.2, 0) is 28.7 Å². The molecule has 2 aromatic carbocycles. The zero-order chi connectivity index (χ0) is 20.3. The van der Waals surface area contributed by atoms with E-state index in [0.29, 0.717) is 22.5 Å². The highest BCUT2D eigenvalue weighted by Gasteiger charge is 2.27. The Kier molecular flexibility index (Phi) is 6.81. The van der Waals surface area contributed by atoms with Gasteiger partial charge in [-0.25, -0.2) is 13.6 Å². The summed E-state index contributed by atoms with van der Waals surface area (Å²) in [6, 6.07) is 14.7. The molecule has 0 aromatic heterocycles. The third-order valence-corrected chi connectivity index (χ3v) is 6.70. The van der Waals surface area contributed by atoms with Crippen LogP contribution in [0.3, 0.4) is 0 Å². The fourth-order valence-electron chi connectivity index (χ4n) is 4.08. The molecule has 2 unspecified atom stereocenters. The number of primary sulfonamides is 1. The first-order chi connectivity index (χ1) is 13.2. The third kappa shape index (κ3) is 5.80. The first kappa shape index (κ1) is 21.3. The minimum atomic E-state index is -3.59. The van der Waals surface area contributed by atoms with E-state index in [2.05, 4.69) is 43.0 Å². The van der Waals surface area contributed by atoms with Gasteiger partial charge in [0, 0.05) is 24.2 Å². The number of likely N-dealkylation sites (tertiary alicyclic amines) is 1. The summed E-state index contributed by atoms with van der Waals surface area (Å²) in [6.07, 6.45) is 3.49. The van der Waals surface area contributed by atoms with Gasteiger partial charge < -0.3 is 0 Å². The van der Waals surface area contributed by atoms with Crippen LogP contribution in [0.15, 0.2) is 42.5 Å². The van der Waals surface area contributed by atoms with Crippen LogP contribution in [0.1, 0.15) is 42.0 Å². The highest BCUT2D eigenvalue weighted by molar-refractivity contribution is 7.88. The van der Waals surface area contributed by atoms with Crippen LogP contribution < -0.4 is 5.14 Å². The lowest BCUT2D eigenvalue weighted by molar-refractivity contribution is 0.106. The van der Waals surface area contributed by atoms with Gasteiger partial charge in [-0.15, -0.1) is 0 Å². The first-order valence-corrected chi connectivity index (χ1v) is 11.9. The summed E-state index contributed by atoms with van der Waals surface area (Å²) in [7, 11) is -3.59. The van der Waals surface area contributed by atoms with E-state index >= 15 is 0 Å². The van der Waals surface area contributed by atoms with E-state index in [9.17, 15) is 8.42 Å². The average Bonchev–Trinajstić information content (AvgIpc) is 2.60. The Labute approximate surface area is 173 Å². The van der Waals surface area contributed by atoms with Crippen molar-refractivity contribution >= 4 is 21.6 Å². The molecule has 3 rings (SSSR count). The van der Waals surface area contributed by atoms with Gasteiger partial charge in [0.15, 0.2) is 0 Å². The van der Waals surface area contributed by atoms with Crippen LogP contribution in [0.5, 0.6) is 0 Å². The van der Waals surface area contributed by atoms with E-state index in [1.54, 1.807) is 6.07 Å². The molecule has 2 N–H and O–H groups in total. The van der Waals surface area contributed by atoms with Crippen molar-refractivity contribution in [3.05, 3.63) is 69.7 Å². The summed E-state index contributed by atoms with van der Waals surface area (Å²) in [5, 5.41) is 5.61. The van der Waals surface area contributed by atoms with Crippen molar-refractivity contribution in [1.82, 2.24) is 4.90 Å². The number of sulfonamides is 1. The summed E-state index contributed by atoms with van der Waals surface area (Å²) in [5.41, 5.74) is 4.41. The lowest BCUT2D eigenvalue weighted by atomic mass is 9.89. The molecule has 0 radical (unpaired) electrons. The van der Waals surface area contributed by atoms with E-state index in [1.165, 1.54) is 24.0 Å². The standard InChI is InChI=1S/C22H29ClN2O2S/c1-16-7-10-21(12-19-6-4-3-5-17(19)2)25(13-16)14-18-8-9-20(22(23)11-18)15-28(24,26)27/h3-6,8-9,11,16,21H,7,10,12-15H2,1-2H3,(H2,24,26,27). The van der Waals surface area contributed by atoms with Crippen LogP contribution in [-0.4, -0.2) is 25.9 Å². The van der Waals surface area contributed by atoms with Crippen molar-refractivity contribution in [2.24, 2.45) is 11.1 Å². The molecular formula is C22H29ClN2O2S. The fraction of sp³-hybridized carbons (Fsp3) is 0.455. The van der Waals surface area contributed by atoms with E-state index in [-0.39, 0.29) is 5.75 Å². The molecule has 0 spiro atoms. The van der Waals surface area contributed by atoms with Gasteiger partial charge in [-0.1, -0.05) is 54.9 Å². The molecule has 1 aliphatic rings. The second-order valence-corrected chi connectivity index (χ2v) is 10.2. The predicted molar refractivity (Wildman–Crippen MR) is 116 cm³/mol. The van der Waals surface area contributed by atoms with Crippen molar-refractivity contribution in [2.75, 3.05) is 6.54 Å². The van der Waals surface area contributed by atoms with Crippen molar-refractivity contribution in [3.8, 4) is 0 Å². The van der Waals surface area contributed by atoms with Gasteiger partial charge in [0.25, 0.3) is 0 Å². The molecule has 1 fully saturated rings. The number of hydrogen-bond acceptors (Lipinski definition) is 3. The summed E-state index contributed by atoms with van der Waals surface area (Å²) in [6.45, 7) is 6.36. The molecule has 0 bridgehead atoms. The van der Waals surface area contributed by atoms with Crippen molar-refractivity contribution in [3.63, 3.8) is 0 Å². The van der Waals surface area contributed by atoms with Gasteiger partial charge in [-0.3, -0.25) is 4.90 Å². The average molecular weight is 421 g/mol. The van der Waals surface area contributed by atoms with E-state index in [4.69, 9.17) is 16.7 Å². The second-order valence-electron chi connectivity index (χ2n) is 8.13. The fourth-order valence-corrected chi connectivity index (χ4v) is 5.11. The van der Waals surface area contributed by atoms with Gasteiger partial charge >= 0.3 is 0 Å². The van der Waals surface area contributed by atoms with Crippen LogP contribution in [0, 0.1) is 12.8 Å². The molecule has 0 saturated carbocycles. The van der Waals surface area contributed by atoms with E-state index < -0.39 is 10.0 Å². The van der Waals surface area contributed by atoms with Gasteiger partial charge in [0.2, 0.25) is 10.0 Å². The number of nitrogens with two attached hydrogens (primary N) is 1. The Morgan fingerprint density at radius 1 is 1.14 bits per heavy atom. The monoisotopic (exact) mass is 420 g/mol. The van der Waals surface area contributed by atoms with Gasteiger partial charge in [-0.05, 0) is 60.4 Å². The van der Waals surface area contributed by atoms with Crippen LogP contribution in [0.25, 0.3) is 0 Å². The Morgan fingerprint density at radius 2 is 1.89 bits per heavy atom.